The number of anilines is 1. The fourth-order valence-electron chi connectivity index (χ4n) is 5.52. The summed E-state index contributed by atoms with van der Waals surface area (Å²) in [5, 5.41) is 3.14. The fourth-order valence-corrected chi connectivity index (χ4v) is 6.93. The number of sulfonamides is 1. The van der Waals surface area contributed by atoms with Gasteiger partial charge in [-0.1, -0.05) is 67.3 Å². The largest absolute Gasteiger partial charge is 0.493 e. The van der Waals surface area contributed by atoms with Crippen molar-refractivity contribution in [3.05, 3.63) is 83.4 Å². The van der Waals surface area contributed by atoms with Crippen molar-refractivity contribution >= 4 is 27.5 Å². The number of nitrogens with one attached hydrogen (secondary N) is 1. The minimum atomic E-state index is -4.20. The number of amides is 2. The standard InChI is InChI=1S/C34H43N3O6S/c1-6-30(34(39)35-27-9-7-8-10-27)36(22-26-15-11-24(2)12-16-26)33(38)23-37(28-17-20-31(42-4)32(21-28)43-5)44(40,41)29-18-13-25(3)14-19-29/h11-21,27,30H,6-10,22-23H2,1-5H3,(H,35,39). The number of benzene rings is 3. The molecule has 0 aromatic heterocycles. The Hall–Kier alpha value is -4.05. The van der Waals surface area contributed by atoms with Gasteiger partial charge >= 0.3 is 0 Å². The second kappa shape index (κ2) is 14.6. The monoisotopic (exact) mass is 621 g/mol. The van der Waals surface area contributed by atoms with Gasteiger partial charge in [0.2, 0.25) is 11.8 Å². The molecule has 1 N–H and O–H groups in total. The van der Waals surface area contributed by atoms with Crippen LogP contribution in [0.5, 0.6) is 11.5 Å². The van der Waals surface area contributed by atoms with E-state index < -0.39 is 28.5 Å². The molecule has 10 heteroatoms. The number of aryl methyl sites for hydroxylation is 2. The molecule has 4 rings (SSSR count). The van der Waals surface area contributed by atoms with Crippen LogP contribution in [0.25, 0.3) is 0 Å². The maximum atomic E-state index is 14.3. The molecule has 2 amide bonds. The molecular formula is C34H43N3O6S. The van der Waals surface area contributed by atoms with E-state index in [2.05, 4.69) is 5.32 Å². The Morgan fingerprint density at radius 2 is 1.48 bits per heavy atom. The number of methoxy groups -OCH3 is 2. The average Bonchev–Trinajstić information content (AvgIpc) is 3.53. The number of hydrogen-bond acceptors (Lipinski definition) is 6. The maximum absolute atomic E-state index is 14.3. The number of rotatable bonds is 13. The van der Waals surface area contributed by atoms with Crippen LogP contribution < -0.4 is 19.1 Å². The summed E-state index contributed by atoms with van der Waals surface area (Å²) in [5.41, 5.74) is 3.05. The third kappa shape index (κ3) is 7.72. The Bertz CT molecular complexity index is 1530. The summed E-state index contributed by atoms with van der Waals surface area (Å²) in [4.78, 5) is 29.5. The third-order valence-corrected chi connectivity index (χ3v) is 9.89. The number of carbonyl (C=O) groups excluding carboxylic acids is 2. The summed E-state index contributed by atoms with van der Waals surface area (Å²) in [7, 11) is -1.25. The van der Waals surface area contributed by atoms with E-state index in [1.165, 1.54) is 37.3 Å². The van der Waals surface area contributed by atoms with E-state index in [1.54, 1.807) is 24.3 Å². The Morgan fingerprint density at radius 3 is 2.05 bits per heavy atom. The highest BCUT2D eigenvalue weighted by Gasteiger charge is 2.35. The first-order valence-electron chi connectivity index (χ1n) is 15.0. The lowest BCUT2D eigenvalue weighted by atomic mass is 10.1. The summed E-state index contributed by atoms with van der Waals surface area (Å²) < 4.78 is 40.2. The van der Waals surface area contributed by atoms with E-state index in [1.807, 2.05) is 45.0 Å². The van der Waals surface area contributed by atoms with Crippen molar-refractivity contribution in [2.45, 2.75) is 76.4 Å². The van der Waals surface area contributed by atoms with Gasteiger partial charge in [-0.15, -0.1) is 0 Å². The van der Waals surface area contributed by atoms with Crippen LogP contribution in [0.1, 0.15) is 55.7 Å². The first-order chi connectivity index (χ1) is 21.1. The quantitative estimate of drug-likeness (QED) is 0.275. The fraction of sp³-hybridized carbons (Fsp3) is 0.412. The minimum Gasteiger partial charge on any atom is -0.493 e. The SMILES string of the molecule is CCC(C(=O)NC1CCCC1)N(Cc1ccc(C)cc1)C(=O)CN(c1ccc(OC)c(OC)c1)S(=O)(=O)c1ccc(C)cc1. The first kappa shape index (κ1) is 32.9. The molecule has 0 bridgehead atoms. The maximum Gasteiger partial charge on any atom is 0.264 e. The van der Waals surface area contributed by atoms with E-state index in [0.717, 1.165) is 46.7 Å². The van der Waals surface area contributed by atoms with Gasteiger partial charge in [-0.25, -0.2) is 8.42 Å². The first-order valence-corrected chi connectivity index (χ1v) is 16.5. The van der Waals surface area contributed by atoms with E-state index >= 15 is 0 Å². The van der Waals surface area contributed by atoms with Gasteiger partial charge < -0.3 is 19.7 Å². The van der Waals surface area contributed by atoms with Crippen LogP contribution in [-0.4, -0.2) is 58.0 Å². The molecule has 1 fully saturated rings. The number of carbonyl (C=O) groups is 2. The molecular weight excluding hydrogens is 578 g/mol. The Balaban J connectivity index is 1.75. The molecule has 3 aromatic carbocycles. The summed E-state index contributed by atoms with van der Waals surface area (Å²) in [5.74, 6) is 0.0229. The Kier molecular flexibility index (Phi) is 10.9. The minimum absolute atomic E-state index is 0.0433. The predicted molar refractivity (Wildman–Crippen MR) is 171 cm³/mol. The van der Waals surface area contributed by atoms with Crippen molar-refractivity contribution in [1.29, 1.82) is 0 Å². The van der Waals surface area contributed by atoms with Crippen molar-refractivity contribution in [2.24, 2.45) is 0 Å². The molecule has 0 heterocycles. The zero-order chi connectivity index (χ0) is 31.9. The predicted octanol–water partition coefficient (Wildman–Crippen LogP) is 5.38. The van der Waals surface area contributed by atoms with Gasteiger partial charge in [0.05, 0.1) is 24.8 Å². The molecule has 1 aliphatic carbocycles. The molecule has 1 unspecified atom stereocenters. The molecule has 1 aliphatic rings. The molecule has 0 saturated heterocycles. The van der Waals surface area contributed by atoms with Crippen molar-refractivity contribution in [3.63, 3.8) is 0 Å². The van der Waals surface area contributed by atoms with Gasteiger partial charge in [0.25, 0.3) is 10.0 Å². The van der Waals surface area contributed by atoms with E-state index in [9.17, 15) is 18.0 Å². The van der Waals surface area contributed by atoms with Gasteiger partial charge in [-0.05, 0) is 62.9 Å². The number of ether oxygens (including phenoxy) is 2. The van der Waals surface area contributed by atoms with Crippen LogP contribution >= 0.6 is 0 Å². The van der Waals surface area contributed by atoms with E-state index in [-0.39, 0.29) is 29.1 Å². The summed E-state index contributed by atoms with van der Waals surface area (Å²) in [6.07, 6.45) is 4.32. The number of nitrogens with zero attached hydrogens (tertiary/aromatic N) is 2. The molecule has 236 valence electrons. The van der Waals surface area contributed by atoms with E-state index in [0.29, 0.717) is 17.9 Å². The molecule has 3 aromatic rings. The van der Waals surface area contributed by atoms with Crippen LogP contribution in [0.3, 0.4) is 0 Å². The van der Waals surface area contributed by atoms with Gasteiger partial charge in [0, 0.05) is 18.7 Å². The lowest BCUT2D eigenvalue weighted by Gasteiger charge is -2.34. The zero-order valence-corrected chi connectivity index (χ0v) is 27.0. The number of hydrogen-bond donors (Lipinski definition) is 1. The smallest absolute Gasteiger partial charge is 0.264 e. The summed E-state index contributed by atoms with van der Waals surface area (Å²) >= 11 is 0. The Labute approximate surface area is 261 Å². The lowest BCUT2D eigenvalue weighted by Crippen LogP contribution is -2.53. The second-order valence-electron chi connectivity index (χ2n) is 11.3. The van der Waals surface area contributed by atoms with Crippen molar-refractivity contribution in [3.8, 4) is 11.5 Å². The summed E-state index contributed by atoms with van der Waals surface area (Å²) in [6.45, 7) is 5.35. The highest BCUT2D eigenvalue weighted by Crippen LogP contribution is 2.34. The topological polar surface area (TPSA) is 105 Å². The van der Waals surface area contributed by atoms with Gasteiger partial charge in [0.15, 0.2) is 11.5 Å². The van der Waals surface area contributed by atoms with Crippen LogP contribution in [0.15, 0.2) is 71.6 Å². The second-order valence-corrected chi connectivity index (χ2v) is 13.1. The van der Waals surface area contributed by atoms with Crippen LogP contribution in [-0.2, 0) is 26.2 Å². The van der Waals surface area contributed by atoms with Crippen LogP contribution in [0, 0.1) is 13.8 Å². The average molecular weight is 622 g/mol. The third-order valence-electron chi connectivity index (χ3n) is 8.10. The molecule has 44 heavy (non-hydrogen) atoms. The van der Waals surface area contributed by atoms with Gasteiger partial charge in [-0.3, -0.25) is 13.9 Å². The van der Waals surface area contributed by atoms with Gasteiger partial charge in [-0.2, -0.15) is 0 Å². The molecule has 1 saturated carbocycles. The highest BCUT2D eigenvalue weighted by atomic mass is 32.2. The van der Waals surface area contributed by atoms with Crippen LogP contribution in [0.2, 0.25) is 0 Å². The van der Waals surface area contributed by atoms with Crippen molar-refractivity contribution in [2.75, 3.05) is 25.1 Å². The molecule has 0 aliphatic heterocycles. The van der Waals surface area contributed by atoms with Crippen molar-refractivity contribution < 1.29 is 27.5 Å². The molecule has 0 radical (unpaired) electrons. The summed E-state index contributed by atoms with van der Waals surface area (Å²) in [6, 6.07) is 18.2. The van der Waals surface area contributed by atoms with E-state index in [4.69, 9.17) is 9.47 Å². The lowest BCUT2D eigenvalue weighted by molar-refractivity contribution is -0.140. The van der Waals surface area contributed by atoms with Crippen molar-refractivity contribution in [1.82, 2.24) is 10.2 Å². The van der Waals surface area contributed by atoms with Crippen LogP contribution in [0.4, 0.5) is 5.69 Å². The normalized spacial score (nSPS) is 14.1. The molecule has 1 atom stereocenters. The zero-order valence-electron chi connectivity index (χ0n) is 26.2. The van der Waals surface area contributed by atoms with Gasteiger partial charge in [0.1, 0.15) is 12.6 Å². The Morgan fingerprint density at radius 1 is 0.886 bits per heavy atom. The highest BCUT2D eigenvalue weighted by molar-refractivity contribution is 7.92. The molecule has 0 spiro atoms. The molecule has 9 nitrogen and oxygen atoms in total.